The van der Waals surface area contributed by atoms with Gasteiger partial charge < -0.3 is 0 Å². The predicted octanol–water partition coefficient (Wildman–Crippen LogP) is 4.08. The second kappa shape index (κ2) is 5.23. The van der Waals surface area contributed by atoms with E-state index in [1.807, 2.05) is 24.3 Å². The lowest BCUT2D eigenvalue weighted by Gasteiger charge is -2.27. The number of carbonyl (C=O) groups excluding carboxylic acids is 1. The van der Waals surface area contributed by atoms with E-state index in [2.05, 4.69) is 42.5 Å². The van der Waals surface area contributed by atoms with Gasteiger partial charge >= 0.3 is 0 Å². The Bertz CT molecular complexity index is 584. The van der Waals surface area contributed by atoms with Crippen LogP contribution in [0.2, 0.25) is 0 Å². The lowest BCUT2D eigenvalue weighted by Crippen LogP contribution is -2.17. The molecule has 19 heavy (non-hydrogen) atoms. The topological polar surface area (TPSA) is 17.1 Å². The van der Waals surface area contributed by atoms with Crippen molar-refractivity contribution >= 4 is 5.78 Å². The van der Waals surface area contributed by atoms with Gasteiger partial charge in [0.15, 0.2) is 5.78 Å². The Morgan fingerprint density at radius 1 is 0.789 bits per heavy atom. The molecular formula is C18H16O. The number of rotatable bonds is 2. The smallest absolute Gasteiger partial charge is 0.156 e. The van der Waals surface area contributed by atoms with Crippen molar-refractivity contribution in [1.82, 2.24) is 0 Å². The second-order valence-electron chi connectivity index (χ2n) is 4.98. The SMILES string of the molecule is O=C1C=CC(c2ccccc2)C(c2ccccc2)C1. The highest BCUT2D eigenvalue weighted by Gasteiger charge is 2.27. The highest BCUT2D eigenvalue weighted by molar-refractivity contribution is 5.91. The van der Waals surface area contributed by atoms with Gasteiger partial charge in [0.25, 0.3) is 0 Å². The molecule has 0 spiro atoms. The summed E-state index contributed by atoms with van der Waals surface area (Å²) < 4.78 is 0. The molecule has 0 bridgehead atoms. The van der Waals surface area contributed by atoms with Crippen LogP contribution in [-0.4, -0.2) is 5.78 Å². The molecule has 2 unspecified atom stereocenters. The van der Waals surface area contributed by atoms with Crippen molar-refractivity contribution in [2.75, 3.05) is 0 Å². The van der Waals surface area contributed by atoms with E-state index in [9.17, 15) is 4.79 Å². The normalized spacial score (nSPS) is 22.4. The van der Waals surface area contributed by atoms with E-state index in [0.717, 1.165) is 0 Å². The lowest BCUT2D eigenvalue weighted by molar-refractivity contribution is -0.115. The Morgan fingerprint density at radius 2 is 1.37 bits per heavy atom. The van der Waals surface area contributed by atoms with Crippen molar-refractivity contribution in [2.45, 2.75) is 18.3 Å². The van der Waals surface area contributed by atoms with Gasteiger partial charge in [-0.3, -0.25) is 4.79 Å². The maximum absolute atomic E-state index is 11.7. The zero-order chi connectivity index (χ0) is 13.1. The standard InChI is InChI=1S/C18H16O/c19-16-11-12-17(14-7-3-1-4-8-14)18(13-16)15-9-5-2-6-10-15/h1-12,17-18H,13H2. The molecule has 0 fully saturated rings. The number of benzene rings is 2. The molecule has 0 saturated carbocycles. The first-order valence-electron chi connectivity index (χ1n) is 6.65. The van der Waals surface area contributed by atoms with Gasteiger partial charge in [-0.1, -0.05) is 66.7 Å². The van der Waals surface area contributed by atoms with Crippen LogP contribution in [0.25, 0.3) is 0 Å². The molecule has 94 valence electrons. The molecule has 0 aromatic heterocycles. The molecule has 0 amide bonds. The largest absolute Gasteiger partial charge is 0.295 e. The number of hydrogen-bond acceptors (Lipinski definition) is 1. The van der Waals surface area contributed by atoms with Crippen molar-refractivity contribution in [3.8, 4) is 0 Å². The van der Waals surface area contributed by atoms with Crippen LogP contribution >= 0.6 is 0 Å². The highest BCUT2D eigenvalue weighted by Crippen LogP contribution is 2.39. The molecule has 1 nitrogen and oxygen atoms in total. The van der Waals surface area contributed by atoms with E-state index in [1.54, 1.807) is 6.08 Å². The molecule has 1 aliphatic carbocycles. The minimum absolute atomic E-state index is 0.223. The minimum atomic E-state index is 0.223. The molecule has 2 atom stereocenters. The van der Waals surface area contributed by atoms with Gasteiger partial charge in [-0.2, -0.15) is 0 Å². The highest BCUT2D eigenvalue weighted by atomic mass is 16.1. The van der Waals surface area contributed by atoms with Gasteiger partial charge in [0.1, 0.15) is 0 Å². The van der Waals surface area contributed by atoms with Crippen LogP contribution in [0.15, 0.2) is 72.8 Å². The van der Waals surface area contributed by atoms with Crippen molar-refractivity contribution < 1.29 is 4.79 Å². The summed E-state index contributed by atoms with van der Waals surface area (Å²) in [6.07, 6.45) is 4.38. The fourth-order valence-corrected chi connectivity index (χ4v) is 2.80. The molecule has 0 heterocycles. The third kappa shape index (κ3) is 2.50. The van der Waals surface area contributed by atoms with Gasteiger partial charge in [-0.05, 0) is 17.2 Å². The maximum atomic E-state index is 11.7. The fourth-order valence-electron chi connectivity index (χ4n) is 2.80. The van der Waals surface area contributed by atoms with Gasteiger partial charge in [-0.15, -0.1) is 0 Å². The first kappa shape index (κ1) is 11.9. The molecule has 0 aliphatic heterocycles. The van der Waals surface area contributed by atoms with E-state index >= 15 is 0 Å². The van der Waals surface area contributed by atoms with Gasteiger partial charge in [0, 0.05) is 18.3 Å². The molecule has 0 N–H and O–H groups in total. The van der Waals surface area contributed by atoms with E-state index < -0.39 is 0 Å². The van der Waals surface area contributed by atoms with Crippen molar-refractivity contribution in [3.05, 3.63) is 83.9 Å². The Balaban J connectivity index is 2.01. The molecular weight excluding hydrogens is 232 g/mol. The second-order valence-corrected chi connectivity index (χ2v) is 4.98. The first-order chi connectivity index (χ1) is 9.34. The Labute approximate surface area is 113 Å². The van der Waals surface area contributed by atoms with Crippen LogP contribution in [0.1, 0.15) is 29.4 Å². The Hall–Kier alpha value is -2.15. The van der Waals surface area contributed by atoms with E-state index in [1.165, 1.54) is 11.1 Å². The van der Waals surface area contributed by atoms with Crippen LogP contribution in [-0.2, 0) is 4.79 Å². The van der Waals surface area contributed by atoms with Crippen LogP contribution in [0.3, 0.4) is 0 Å². The summed E-state index contributed by atoms with van der Waals surface area (Å²) in [4.78, 5) is 11.7. The van der Waals surface area contributed by atoms with Crippen LogP contribution < -0.4 is 0 Å². The van der Waals surface area contributed by atoms with Crippen LogP contribution in [0, 0.1) is 0 Å². The zero-order valence-corrected chi connectivity index (χ0v) is 10.7. The third-order valence-electron chi connectivity index (χ3n) is 3.76. The number of ketones is 1. The number of carbonyl (C=O) groups is 1. The first-order valence-corrected chi connectivity index (χ1v) is 6.65. The van der Waals surface area contributed by atoms with E-state index in [4.69, 9.17) is 0 Å². The van der Waals surface area contributed by atoms with Crippen LogP contribution in [0.4, 0.5) is 0 Å². The molecule has 2 aromatic rings. The minimum Gasteiger partial charge on any atom is -0.295 e. The quantitative estimate of drug-likeness (QED) is 0.782. The average molecular weight is 248 g/mol. The Morgan fingerprint density at radius 3 is 2.00 bits per heavy atom. The zero-order valence-electron chi connectivity index (χ0n) is 10.7. The summed E-state index contributed by atoms with van der Waals surface area (Å²) in [6, 6.07) is 20.8. The molecule has 1 aliphatic rings. The molecule has 0 saturated heterocycles. The van der Waals surface area contributed by atoms with Gasteiger partial charge in [0.05, 0.1) is 0 Å². The monoisotopic (exact) mass is 248 g/mol. The van der Waals surface area contributed by atoms with Gasteiger partial charge in [0.2, 0.25) is 0 Å². The van der Waals surface area contributed by atoms with E-state index in [-0.39, 0.29) is 11.7 Å². The molecule has 0 radical (unpaired) electrons. The summed E-state index contributed by atoms with van der Waals surface area (Å²) >= 11 is 0. The fraction of sp³-hybridized carbons (Fsp3) is 0.167. The number of hydrogen-bond donors (Lipinski definition) is 0. The molecule has 2 aromatic carbocycles. The van der Waals surface area contributed by atoms with Crippen molar-refractivity contribution in [3.63, 3.8) is 0 Å². The van der Waals surface area contributed by atoms with Gasteiger partial charge in [-0.25, -0.2) is 0 Å². The average Bonchev–Trinajstić information content (AvgIpc) is 2.49. The van der Waals surface area contributed by atoms with Crippen LogP contribution in [0.5, 0.6) is 0 Å². The predicted molar refractivity (Wildman–Crippen MR) is 77.1 cm³/mol. The van der Waals surface area contributed by atoms with Crippen molar-refractivity contribution in [2.24, 2.45) is 0 Å². The molecule has 1 heteroatoms. The number of allylic oxidation sites excluding steroid dienone is 2. The summed E-state index contributed by atoms with van der Waals surface area (Å²) in [7, 11) is 0. The molecule has 3 rings (SSSR count). The summed E-state index contributed by atoms with van der Waals surface area (Å²) in [5.41, 5.74) is 2.52. The van der Waals surface area contributed by atoms with Crippen molar-refractivity contribution in [1.29, 1.82) is 0 Å². The maximum Gasteiger partial charge on any atom is 0.156 e. The Kier molecular flexibility index (Phi) is 3.28. The lowest BCUT2D eigenvalue weighted by atomic mass is 9.75. The third-order valence-corrected chi connectivity index (χ3v) is 3.76. The van der Waals surface area contributed by atoms with E-state index in [0.29, 0.717) is 12.3 Å². The summed E-state index contributed by atoms with van der Waals surface area (Å²) in [6.45, 7) is 0. The summed E-state index contributed by atoms with van der Waals surface area (Å²) in [5, 5.41) is 0. The summed E-state index contributed by atoms with van der Waals surface area (Å²) in [5.74, 6) is 0.767.